The summed E-state index contributed by atoms with van der Waals surface area (Å²) < 4.78 is 14.0. The molecule has 0 bridgehead atoms. The maximum Gasteiger partial charge on any atom is 0.254 e. The maximum absolute atomic E-state index is 14.0. The average molecular weight is 424 g/mol. The van der Waals surface area contributed by atoms with Crippen LogP contribution in [0.25, 0.3) is 0 Å². The minimum absolute atomic E-state index is 0.0543. The van der Waals surface area contributed by atoms with Crippen LogP contribution in [0, 0.1) is 5.82 Å². The van der Waals surface area contributed by atoms with E-state index in [-0.39, 0.29) is 23.6 Å². The lowest BCUT2D eigenvalue weighted by Crippen LogP contribution is -2.52. The molecule has 4 rings (SSSR count). The number of piperazine rings is 1. The normalized spacial score (nSPS) is 16.8. The summed E-state index contributed by atoms with van der Waals surface area (Å²) in [6, 6.07) is 20.6. The first-order valence-corrected chi connectivity index (χ1v) is 11.1. The summed E-state index contributed by atoms with van der Waals surface area (Å²) in [4.78, 5) is 18.7. The van der Waals surface area contributed by atoms with Crippen LogP contribution in [0.1, 0.15) is 28.2 Å². The summed E-state index contributed by atoms with van der Waals surface area (Å²) in [5.74, 6) is -0.864. The van der Waals surface area contributed by atoms with Crippen LogP contribution in [-0.4, -0.2) is 43.0 Å². The highest BCUT2D eigenvalue weighted by atomic mass is 32.1. The van der Waals surface area contributed by atoms with Gasteiger partial charge < -0.3 is 10.2 Å². The van der Waals surface area contributed by atoms with Crippen LogP contribution >= 0.6 is 11.3 Å². The number of para-hydroxylation sites is 1. The largest absolute Gasteiger partial charge is 0.369 e. The molecule has 30 heavy (non-hydrogen) atoms. The number of benzene rings is 2. The molecule has 2 heterocycles. The number of nitrogens with zero attached hydrogens (tertiary/aromatic N) is 2. The van der Waals surface area contributed by atoms with Gasteiger partial charge in [-0.3, -0.25) is 9.69 Å². The van der Waals surface area contributed by atoms with Gasteiger partial charge in [0.25, 0.3) is 5.91 Å². The number of hydrogen-bond acceptors (Lipinski definition) is 4. The second-order valence-corrected chi connectivity index (χ2v) is 8.54. The fourth-order valence-corrected chi connectivity index (χ4v) is 5.07. The van der Waals surface area contributed by atoms with Crippen LogP contribution in [0.5, 0.6) is 0 Å². The van der Waals surface area contributed by atoms with Gasteiger partial charge in [-0.1, -0.05) is 36.4 Å². The van der Waals surface area contributed by atoms with E-state index in [4.69, 9.17) is 0 Å². The quantitative estimate of drug-likeness (QED) is 0.631. The Morgan fingerprint density at radius 3 is 2.33 bits per heavy atom. The molecule has 1 aliphatic rings. The average Bonchev–Trinajstić information content (AvgIpc) is 3.29. The van der Waals surface area contributed by atoms with Crippen molar-refractivity contribution in [1.82, 2.24) is 10.2 Å². The van der Waals surface area contributed by atoms with E-state index >= 15 is 0 Å². The maximum atomic E-state index is 14.0. The van der Waals surface area contributed by atoms with E-state index in [1.807, 2.05) is 19.1 Å². The topological polar surface area (TPSA) is 35.6 Å². The van der Waals surface area contributed by atoms with E-state index in [1.165, 1.54) is 22.7 Å². The van der Waals surface area contributed by atoms with Crippen molar-refractivity contribution in [2.75, 3.05) is 31.1 Å². The Morgan fingerprint density at radius 2 is 1.67 bits per heavy atom. The number of anilines is 1. The highest BCUT2D eigenvalue weighted by molar-refractivity contribution is 7.10. The molecule has 2 aromatic carbocycles. The van der Waals surface area contributed by atoms with Gasteiger partial charge in [0.1, 0.15) is 5.82 Å². The van der Waals surface area contributed by atoms with E-state index in [1.54, 1.807) is 23.5 Å². The van der Waals surface area contributed by atoms with Crippen molar-refractivity contribution in [3.63, 3.8) is 0 Å². The molecular formula is C24H26FN3OS. The van der Waals surface area contributed by atoms with Gasteiger partial charge in [-0.25, -0.2) is 4.39 Å². The number of rotatable bonds is 6. The number of halogens is 1. The SMILES string of the molecule is CC(NC(=O)c1ccccc1F)C(c1cccs1)N1CCN(c2ccccc2)CC1. The second-order valence-electron chi connectivity index (χ2n) is 7.56. The Hall–Kier alpha value is -2.70. The van der Waals surface area contributed by atoms with Crippen molar-refractivity contribution in [3.05, 3.63) is 88.4 Å². The number of carbonyl (C=O) groups is 1. The van der Waals surface area contributed by atoms with Crippen molar-refractivity contribution < 1.29 is 9.18 Å². The van der Waals surface area contributed by atoms with Crippen LogP contribution in [0.4, 0.5) is 10.1 Å². The summed E-state index contributed by atoms with van der Waals surface area (Å²) in [7, 11) is 0. The van der Waals surface area contributed by atoms with Crippen LogP contribution in [-0.2, 0) is 0 Å². The summed E-state index contributed by atoms with van der Waals surface area (Å²) in [5, 5.41) is 5.10. The van der Waals surface area contributed by atoms with Gasteiger partial charge >= 0.3 is 0 Å². The monoisotopic (exact) mass is 423 g/mol. The minimum atomic E-state index is -0.494. The van der Waals surface area contributed by atoms with Crippen LogP contribution in [0.15, 0.2) is 72.1 Å². The smallest absolute Gasteiger partial charge is 0.254 e. The summed E-state index contributed by atoms with van der Waals surface area (Å²) in [5.41, 5.74) is 1.33. The predicted molar refractivity (Wildman–Crippen MR) is 121 cm³/mol. The molecule has 2 unspecified atom stereocenters. The van der Waals surface area contributed by atoms with Gasteiger partial charge in [0.2, 0.25) is 0 Å². The lowest BCUT2D eigenvalue weighted by atomic mass is 10.0. The third-order valence-electron chi connectivity index (χ3n) is 5.61. The first-order chi connectivity index (χ1) is 14.6. The van der Waals surface area contributed by atoms with E-state index in [9.17, 15) is 9.18 Å². The van der Waals surface area contributed by atoms with E-state index in [0.717, 1.165) is 26.2 Å². The molecule has 0 radical (unpaired) electrons. The molecule has 0 saturated carbocycles. The zero-order valence-corrected chi connectivity index (χ0v) is 17.8. The van der Waals surface area contributed by atoms with Crippen molar-refractivity contribution >= 4 is 22.9 Å². The minimum Gasteiger partial charge on any atom is -0.369 e. The van der Waals surface area contributed by atoms with Crippen molar-refractivity contribution in [2.45, 2.75) is 19.0 Å². The Labute approximate surface area is 180 Å². The lowest BCUT2D eigenvalue weighted by Gasteiger charge is -2.42. The summed E-state index contributed by atoms with van der Waals surface area (Å²) in [6.07, 6.45) is 0. The highest BCUT2D eigenvalue weighted by Gasteiger charge is 2.31. The number of thiophene rings is 1. The zero-order valence-electron chi connectivity index (χ0n) is 17.0. The molecule has 3 aromatic rings. The Bertz CT molecular complexity index is 956. The molecular weight excluding hydrogens is 397 g/mol. The Balaban J connectivity index is 1.47. The van der Waals surface area contributed by atoms with E-state index in [2.05, 4.69) is 50.8 Å². The molecule has 1 aromatic heterocycles. The van der Waals surface area contributed by atoms with Gasteiger partial charge in [0, 0.05) is 42.8 Å². The summed E-state index contributed by atoms with van der Waals surface area (Å²) in [6.45, 7) is 5.67. The van der Waals surface area contributed by atoms with E-state index < -0.39 is 5.82 Å². The van der Waals surface area contributed by atoms with Crippen molar-refractivity contribution in [2.24, 2.45) is 0 Å². The predicted octanol–water partition coefficient (Wildman–Crippen LogP) is 4.57. The third kappa shape index (κ3) is 4.55. The molecule has 1 fully saturated rings. The lowest BCUT2D eigenvalue weighted by molar-refractivity contribution is 0.0886. The molecule has 0 spiro atoms. The van der Waals surface area contributed by atoms with Crippen molar-refractivity contribution in [3.8, 4) is 0 Å². The molecule has 1 aliphatic heterocycles. The molecule has 1 N–H and O–H groups in total. The molecule has 6 heteroatoms. The summed E-state index contributed by atoms with van der Waals surface area (Å²) >= 11 is 1.70. The molecule has 2 atom stereocenters. The first-order valence-electron chi connectivity index (χ1n) is 10.3. The van der Waals surface area contributed by atoms with Gasteiger partial charge in [0.05, 0.1) is 11.6 Å². The Kier molecular flexibility index (Phi) is 6.45. The molecule has 1 saturated heterocycles. The van der Waals surface area contributed by atoms with Gasteiger partial charge in [-0.2, -0.15) is 0 Å². The van der Waals surface area contributed by atoms with Gasteiger partial charge in [0.15, 0.2) is 0 Å². The molecule has 1 amide bonds. The van der Waals surface area contributed by atoms with Crippen LogP contribution < -0.4 is 10.2 Å². The Morgan fingerprint density at radius 1 is 0.967 bits per heavy atom. The molecule has 0 aliphatic carbocycles. The number of carbonyl (C=O) groups excluding carboxylic acids is 1. The van der Waals surface area contributed by atoms with Gasteiger partial charge in [-0.05, 0) is 42.6 Å². The number of hydrogen-bond donors (Lipinski definition) is 1. The van der Waals surface area contributed by atoms with Gasteiger partial charge in [-0.15, -0.1) is 11.3 Å². The third-order valence-corrected chi connectivity index (χ3v) is 6.56. The number of amides is 1. The first kappa shape index (κ1) is 20.6. The highest BCUT2D eigenvalue weighted by Crippen LogP contribution is 2.30. The van der Waals surface area contributed by atoms with Crippen molar-refractivity contribution in [1.29, 1.82) is 0 Å². The molecule has 4 nitrogen and oxygen atoms in total. The standard InChI is InChI=1S/C24H26FN3OS/c1-18(26-24(29)20-10-5-6-11-21(20)25)23(22-12-7-17-30-22)28-15-13-27(14-16-28)19-8-3-2-4-9-19/h2-12,17-18,23H,13-16H2,1H3,(H,26,29). The van der Waals surface area contributed by atoms with Crippen LogP contribution in [0.3, 0.4) is 0 Å². The fourth-order valence-electron chi connectivity index (χ4n) is 4.11. The number of nitrogens with one attached hydrogen (secondary N) is 1. The molecule has 156 valence electrons. The zero-order chi connectivity index (χ0) is 20.9. The van der Waals surface area contributed by atoms with Crippen LogP contribution in [0.2, 0.25) is 0 Å². The second kappa shape index (κ2) is 9.41. The fraction of sp³-hybridized carbons (Fsp3) is 0.292. The van der Waals surface area contributed by atoms with E-state index in [0.29, 0.717) is 0 Å².